The fourth-order valence-corrected chi connectivity index (χ4v) is 2.89. The normalized spacial score (nSPS) is 12.0. The van der Waals surface area contributed by atoms with E-state index >= 15 is 0 Å². The fraction of sp³-hybridized carbons (Fsp3) is 0.200. The van der Waals surface area contributed by atoms with Crippen molar-refractivity contribution in [2.75, 3.05) is 6.61 Å². The SMILES string of the molecule is CCO/N=C(\C)c1ccc2ncc(Cc3ccc4ncccc4c3)n2n1. The van der Waals surface area contributed by atoms with Gasteiger partial charge in [0.15, 0.2) is 5.65 Å². The Kier molecular flexibility index (Phi) is 4.31. The predicted molar refractivity (Wildman–Crippen MR) is 101 cm³/mol. The van der Waals surface area contributed by atoms with E-state index in [0.717, 1.165) is 40.1 Å². The Morgan fingerprint density at radius 2 is 2.08 bits per heavy atom. The summed E-state index contributed by atoms with van der Waals surface area (Å²) >= 11 is 0. The van der Waals surface area contributed by atoms with E-state index in [9.17, 15) is 0 Å². The van der Waals surface area contributed by atoms with Crippen LogP contribution in [-0.4, -0.2) is 31.9 Å². The molecule has 0 bridgehead atoms. The molecule has 4 aromatic rings. The summed E-state index contributed by atoms with van der Waals surface area (Å²) in [5.41, 5.74) is 5.54. The zero-order chi connectivity index (χ0) is 17.9. The second-order valence-corrected chi connectivity index (χ2v) is 6.04. The van der Waals surface area contributed by atoms with Gasteiger partial charge in [-0.15, -0.1) is 0 Å². The maximum absolute atomic E-state index is 5.13. The van der Waals surface area contributed by atoms with Crippen LogP contribution in [0.4, 0.5) is 0 Å². The van der Waals surface area contributed by atoms with Crippen LogP contribution in [0.1, 0.15) is 30.8 Å². The minimum atomic E-state index is 0.534. The highest BCUT2D eigenvalue weighted by molar-refractivity contribution is 5.96. The van der Waals surface area contributed by atoms with E-state index in [1.165, 1.54) is 5.56 Å². The van der Waals surface area contributed by atoms with Gasteiger partial charge in [0.25, 0.3) is 0 Å². The number of nitrogens with zero attached hydrogens (tertiary/aromatic N) is 5. The zero-order valence-corrected chi connectivity index (χ0v) is 14.8. The Balaban J connectivity index is 1.69. The summed E-state index contributed by atoms with van der Waals surface area (Å²) in [7, 11) is 0. The van der Waals surface area contributed by atoms with Crippen molar-refractivity contribution < 1.29 is 4.84 Å². The monoisotopic (exact) mass is 345 g/mol. The van der Waals surface area contributed by atoms with E-state index in [4.69, 9.17) is 4.84 Å². The van der Waals surface area contributed by atoms with E-state index < -0.39 is 0 Å². The summed E-state index contributed by atoms with van der Waals surface area (Å²) in [4.78, 5) is 14.0. The molecule has 4 rings (SSSR count). The van der Waals surface area contributed by atoms with Crippen molar-refractivity contribution in [3.05, 3.63) is 71.8 Å². The van der Waals surface area contributed by atoms with Crippen molar-refractivity contribution in [3.63, 3.8) is 0 Å². The summed E-state index contributed by atoms with van der Waals surface area (Å²) in [5.74, 6) is 0. The second kappa shape index (κ2) is 6.92. The summed E-state index contributed by atoms with van der Waals surface area (Å²) in [6.45, 7) is 4.32. The van der Waals surface area contributed by atoms with Crippen LogP contribution >= 0.6 is 0 Å². The van der Waals surface area contributed by atoms with Crippen molar-refractivity contribution in [2.24, 2.45) is 5.16 Å². The fourth-order valence-electron chi connectivity index (χ4n) is 2.89. The van der Waals surface area contributed by atoms with Gasteiger partial charge in [-0.1, -0.05) is 17.3 Å². The molecule has 26 heavy (non-hydrogen) atoms. The zero-order valence-electron chi connectivity index (χ0n) is 14.8. The number of rotatable bonds is 5. The first kappa shape index (κ1) is 16.2. The Morgan fingerprint density at radius 1 is 1.15 bits per heavy atom. The van der Waals surface area contributed by atoms with Gasteiger partial charge in [0.05, 0.1) is 17.4 Å². The molecule has 0 spiro atoms. The summed E-state index contributed by atoms with van der Waals surface area (Å²) in [5, 5.41) is 9.87. The van der Waals surface area contributed by atoms with Gasteiger partial charge in [-0.25, -0.2) is 9.50 Å². The maximum Gasteiger partial charge on any atom is 0.153 e. The van der Waals surface area contributed by atoms with E-state index in [-0.39, 0.29) is 0 Å². The standard InChI is InChI=1S/C20H19N5O/c1-3-26-24-14(2)18-8-9-20-22-13-17(25(20)23-18)12-15-6-7-19-16(11-15)5-4-10-21-19/h4-11,13H,3,12H2,1-2H3/b24-14+. The van der Waals surface area contributed by atoms with E-state index in [1.807, 2.05) is 55.0 Å². The van der Waals surface area contributed by atoms with Gasteiger partial charge in [-0.3, -0.25) is 4.98 Å². The average molecular weight is 345 g/mol. The molecule has 0 fully saturated rings. The molecule has 0 saturated carbocycles. The molecule has 0 saturated heterocycles. The molecule has 3 aromatic heterocycles. The number of hydrogen-bond donors (Lipinski definition) is 0. The lowest BCUT2D eigenvalue weighted by Gasteiger charge is -2.05. The van der Waals surface area contributed by atoms with Crippen molar-refractivity contribution in [1.82, 2.24) is 19.6 Å². The first-order chi connectivity index (χ1) is 12.7. The first-order valence-corrected chi connectivity index (χ1v) is 8.59. The third-order valence-corrected chi connectivity index (χ3v) is 4.19. The molecule has 0 atom stereocenters. The summed E-state index contributed by atoms with van der Waals surface area (Å²) in [6.07, 6.45) is 4.42. The summed E-state index contributed by atoms with van der Waals surface area (Å²) in [6, 6.07) is 14.2. The van der Waals surface area contributed by atoms with Crippen LogP contribution in [-0.2, 0) is 11.3 Å². The van der Waals surface area contributed by atoms with Gasteiger partial charge >= 0.3 is 0 Å². The lowest BCUT2D eigenvalue weighted by Crippen LogP contribution is -2.06. The number of pyridine rings is 1. The molecular weight excluding hydrogens is 326 g/mol. The molecule has 0 N–H and O–H groups in total. The van der Waals surface area contributed by atoms with Crippen molar-refractivity contribution in [3.8, 4) is 0 Å². The van der Waals surface area contributed by atoms with Crippen LogP contribution in [0.15, 0.2) is 60.0 Å². The number of oxime groups is 1. The quantitative estimate of drug-likeness (QED) is 0.409. The van der Waals surface area contributed by atoms with Gasteiger partial charge < -0.3 is 4.84 Å². The molecule has 0 aliphatic carbocycles. The van der Waals surface area contributed by atoms with Crippen LogP contribution < -0.4 is 0 Å². The molecule has 3 heterocycles. The molecule has 6 heteroatoms. The minimum absolute atomic E-state index is 0.534. The van der Waals surface area contributed by atoms with Gasteiger partial charge in [-0.2, -0.15) is 5.10 Å². The Hall–Kier alpha value is -3.28. The van der Waals surface area contributed by atoms with Crippen LogP contribution in [0, 0.1) is 0 Å². The molecule has 0 unspecified atom stereocenters. The molecule has 0 aliphatic heterocycles. The highest BCUT2D eigenvalue weighted by atomic mass is 16.6. The lowest BCUT2D eigenvalue weighted by atomic mass is 10.1. The molecule has 0 radical (unpaired) electrons. The van der Waals surface area contributed by atoms with E-state index in [1.54, 1.807) is 0 Å². The predicted octanol–water partition coefficient (Wildman–Crippen LogP) is 3.63. The smallest absolute Gasteiger partial charge is 0.153 e. The highest BCUT2D eigenvalue weighted by Gasteiger charge is 2.09. The number of imidazole rings is 1. The first-order valence-electron chi connectivity index (χ1n) is 8.59. The second-order valence-electron chi connectivity index (χ2n) is 6.04. The van der Waals surface area contributed by atoms with Crippen molar-refractivity contribution in [1.29, 1.82) is 0 Å². The van der Waals surface area contributed by atoms with Crippen LogP contribution in [0.25, 0.3) is 16.6 Å². The minimum Gasteiger partial charge on any atom is -0.396 e. The molecule has 1 aromatic carbocycles. The lowest BCUT2D eigenvalue weighted by molar-refractivity contribution is 0.159. The van der Waals surface area contributed by atoms with Gasteiger partial charge in [0.1, 0.15) is 18.0 Å². The highest BCUT2D eigenvalue weighted by Crippen LogP contribution is 2.17. The van der Waals surface area contributed by atoms with Gasteiger partial charge in [0.2, 0.25) is 0 Å². The van der Waals surface area contributed by atoms with Crippen LogP contribution in [0.5, 0.6) is 0 Å². The summed E-state index contributed by atoms with van der Waals surface area (Å²) < 4.78 is 1.87. The Labute approximate surface area is 151 Å². The topological polar surface area (TPSA) is 64.7 Å². The van der Waals surface area contributed by atoms with Crippen molar-refractivity contribution >= 4 is 22.3 Å². The average Bonchev–Trinajstić information content (AvgIpc) is 3.08. The number of hydrogen-bond acceptors (Lipinski definition) is 5. The number of aromatic nitrogens is 4. The third-order valence-electron chi connectivity index (χ3n) is 4.19. The number of benzene rings is 1. The van der Waals surface area contributed by atoms with Crippen LogP contribution in [0.3, 0.4) is 0 Å². The Morgan fingerprint density at radius 3 is 2.96 bits per heavy atom. The van der Waals surface area contributed by atoms with E-state index in [2.05, 4.69) is 38.4 Å². The molecule has 0 aliphatic rings. The van der Waals surface area contributed by atoms with Gasteiger partial charge in [-0.05, 0) is 49.7 Å². The largest absolute Gasteiger partial charge is 0.396 e. The van der Waals surface area contributed by atoms with E-state index in [0.29, 0.717) is 6.61 Å². The number of fused-ring (bicyclic) bond motifs is 2. The van der Waals surface area contributed by atoms with Gasteiger partial charge in [0, 0.05) is 18.0 Å². The van der Waals surface area contributed by atoms with Crippen molar-refractivity contribution in [2.45, 2.75) is 20.3 Å². The maximum atomic E-state index is 5.13. The third kappa shape index (κ3) is 3.13. The molecule has 6 nitrogen and oxygen atoms in total. The van der Waals surface area contributed by atoms with Crippen LogP contribution in [0.2, 0.25) is 0 Å². The molecular formula is C20H19N5O. The molecule has 130 valence electrons. The Bertz CT molecular complexity index is 1100. The molecule has 0 amide bonds.